The predicted molar refractivity (Wildman–Crippen MR) is 74.0 cm³/mol. The van der Waals surface area contributed by atoms with Crippen LogP contribution in [0.3, 0.4) is 0 Å². The Morgan fingerprint density at radius 3 is 2.79 bits per heavy atom. The molecular weight excluding hydrogens is 266 g/mol. The molecule has 0 atom stereocenters. The highest BCUT2D eigenvalue weighted by Gasteiger charge is 2.09. The molecule has 7 heteroatoms. The van der Waals surface area contributed by atoms with E-state index in [1.807, 2.05) is 13.0 Å². The van der Waals surface area contributed by atoms with Crippen LogP contribution in [0.5, 0.6) is 0 Å². The zero-order valence-corrected chi connectivity index (χ0v) is 10.9. The molecule has 0 bridgehead atoms. The van der Waals surface area contributed by atoms with Gasteiger partial charge in [-0.05, 0) is 31.2 Å². The van der Waals surface area contributed by atoms with Crippen molar-refractivity contribution in [2.45, 2.75) is 6.92 Å². The summed E-state index contributed by atoms with van der Waals surface area (Å²) in [4.78, 5) is 20.0. The number of aromatic nitrogens is 2. The number of nitrogens with two attached hydrogens (primary N) is 1. The number of hydrogen-bond donors (Lipinski definition) is 3. The van der Waals surface area contributed by atoms with Gasteiger partial charge in [-0.25, -0.2) is 10.8 Å². The van der Waals surface area contributed by atoms with Gasteiger partial charge in [0.15, 0.2) is 0 Å². The summed E-state index contributed by atoms with van der Waals surface area (Å²) in [5, 5.41) is 2.89. The van der Waals surface area contributed by atoms with Gasteiger partial charge in [0.2, 0.25) is 0 Å². The first-order chi connectivity index (χ1) is 9.08. The molecule has 2 aromatic heterocycles. The molecule has 98 valence electrons. The molecule has 0 aliphatic rings. The standard InChI is InChI=1S/C12H12ClN5O/c1-7-2-3-9(6-15-7)16-12(19)8-4-10(13)17-11(5-8)18-14/h2-6H,14H2,1H3,(H,16,19)(H,17,18). The number of carbonyl (C=O) groups excluding carboxylic acids is 1. The minimum Gasteiger partial charge on any atom is -0.321 e. The number of pyridine rings is 2. The van der Waals surface area contributed by atoms with Gasteiger partial charge in [0.05, 0.1) is 11.9 Å². The molecule has 0 radical (unpaired) electrons. The summed E-state index contributed by atoms with van der Waals surface area (Å²) in [7, 11) is 0. The predicted octanol–water partition coefficient (Wildman–Crippen LogP) is 1.98. The maximum Gasteiger partial charge on any atom is 0.255 e. The first kappa shape index (κ1) is 13.3. The van der Waals surface area contributed by atoms with Crippen molar-refractivity contribution in [3.8, 4) is 0 Å². The molecule has 0 aliphatic carbocycles. The van der Waals surface area contributed by atoms with Crippen LogP contribution in [0.4, 0.5) is 11.5 Å². The number of hydrogen-bond acceptors (Lipinski definition) is 5. The summed E-state index contributed by atoms with van der Waals surface area (Å²) in [6, 6.07) is 6.54. The zero-order chi connectivity index (χ0) is 13.8. The minimum atomic E-state index is -0.313. The summed E-state index contributed by atoms with van der Waals surface area (Å²) in [6.07, 6.45) is 1.58. The van der Waals surface area contributed by atoms with Crippen LogP contribution in [0.25, 0.3) is 0 Å². The topological polar surface area (TPSA) is 92.9 Å². The van der Waals surface area contributed by atoms with Crippen molar-refractivity contribution < 1.29 is 4.79 Å². The van der Waals surface area contributed by atoms with E-state index in [2.05, 4.69) is 20.7 Å². The fraction of sp³-hybridized carbons (Fsp3) is 0.0833. The number of nitrogens with zero attached hydrogens (tertiary/aromatic N) is 2. The molecule has 0 unspecified atom stereocenters. The van der Waals surface area contributed by atoms with Crippen molar-refractivity contribution in [3.05, 3.63) is 46.9 Å². The Morgan fingerprint density at radius 1 is 1.37 bits per heavy atom. The molecule has 0 fully saturated rings. The van der Waals surface area contributed by atoms with Crippen LogP contribution < -0.4 is 16.6 Å². The highest BCUT2D eigenvalue weighted by atomic mass is 35.5. The van der Waals surface area contributed by atoms with Crippen molar-refractivity contribution in [2.24, 2.45) is 5.84 Å². The summed E-state index contributed by atoms with van der Waals surface area (Å²) < 4.78 is 0. The van der Waals surface area contributed by atoms with E-state index < -0.39 is 0 Å². The number of carbonyl (C=O) groups is 1. The van der Waals surface area contributed by atoms with Crippen molar-refractivity contribution in [1.29, 1.82) is 0 Å². The van der Waals surface area contributed by atoms with Crippen LogP contribution in [0.1, 0.15) is 16.1 Å². The highest BCUT2D eigenvalue weighted by molar-refractivity contribution is 6.30. The minimum absolute atomic E-state index is 0.183. The Hall–Kier alpha value is -2.18. The number of rotatable bonds is 3. The number of amides is 1. The Kier molecular flexibility index (Phi) is 3.94. The lowest BCUT2D eigenvalue weighted by atomic mass is 10.2. The second kappa shape index (κ2) is 5.64. The Balaban J connectivity index is 2.20. The number of aryl methyl sites for hydroxylation is 1. The second-order valence-electron chi connectivity index (χ2n) is 3.85. The fourth-order valence-electron chi connectivity index (χ4n) is 1.45. The van der Waals surface area contributed by atoms with Gasteiger partial charge in [-0.2, -0.15) is 0 Å². The molecule has 0 spiro atoms. The normalized spacial score (nSPS) is 10.1. The number of anilines is 2. The van der Waals surface area contributed by atoms with E-state index in [9.17, 15) is 4.79 Å². The molecule has 0 saturated carbocycles. The third-order valence-corrected chi connectivity index (χ3v) is 2.57. The molecule has 19 heavy (non-hydrogen) atoms. The van der Waals surface area contributed by atoms with E-state index in [-0.39, 0.29) is 11.1 Å². The van der Waals surface area contributed by atoms with Crippen LogP contribution in [0.15, 0.2) is 30.5 Å². The van der Waals surface area contributed by atoms with Gasteiger partial charge >= 0.3 is 0 Å². The van der Waals surface area contributed by atoms with Crippen LogP contribution in [0, 0.1) is 6.92 Å². The zero-order valence-electron chi connectivity index (χ0n) is 10.1. The quantitative estimate of drug-likeness (QED) is 0.453. The molecular formula is C12H12ClN5O. The van der Waals surface area contributed by atoms with Crippen LogP contribution in [-0.2, 0) is 0 Å². The van der Waals surface area contributed by atoms with Crippen molar-refractivity contribution in [3.63, 3.8) is 0 Å². The van der Waals surface area contributed by atoms with E-state index in [1.54, 1.807) is 12.3 Å². The Morgan fingerprint density at radius 2 is 2.16 bits per heavy atom. The van der Waals surface area contributed by atoms with Gasteiger partial charge in [-0.1, -0.05) is 11.6 Å². The third-order valence-electron chi connectivity index (χ3n) is 2.37. The van der Waals surface area contributed by atoms with E-state index >= 15 is 0 Å². The highest BCUT2D eigenvalue weighted by Crippen LogP contribution is 2.15. The van der Waals surface area contributed by atoms with Gasteiger partial charge in [0.1, 0.15) is 11.0 Å². The largest absolute Gasteiger partial charge is 0.321 e. The second-order valence-corrected chi connectivity index (χ2v) is 4.24. The first-order valence-corrected chi connectivity index (χ1v) is 5.84. The molecule has 2 aromatic rings. The SMILES string of the molecule is Cc1ccc(NC(=O)c2cc(Cl)nc(NN)c2)cn1. The van der Waals surface area contributed by atoms with Gasteiger partial charge in [0, 0.05) is 11.3 Å². The third kappa shape index (κ3) is 3.40. The number of nitrogen functional groups attached to an aromatic ring is 1. The van der Waals surface area contributed by atoms with Crippen molar-refractivity contribution in [1.82, 2.24) is 9.97 Å². The summed E-state index contributed by atoms with van der Waals surface area (Å²) in [5.41, 5.74) is 4.18. The molecule has 0 aromatic carbocycles. The first-order valence-electron chi connectivity index (χ1n) is 5.46. The molecule has 2 rings (SSSR count). The lowest BCUT2D eigenvalue weighted by Crippen LogP contribution is -2.14. The average molecular weight is 278 g/mol. The van der Waals surface area contributed by atoms with Crippen LogP contribution >= 0.6 is 11.6 Å². The molecule has 6 nitrogen and oxygen atoms in total. The van der Waals surface area contributed by atoms with E-state index in [4.69, 9.17) is 17.4 Å². The maximum absolute atomic E-state index is 12.0. The molecule has 4 N–H and O–H groups in total. The van der Waals surface area contributed by atoms with Gasteiger partial charge in [-0.15, -0.1) is 0 Å². The summed E-state index contributed by atoms with van der Waals surface area (Å²) in [5.74, 6) is 5.25. The van der Waals surface area contributed by atoms with Crippen LogP contribution in [-0.4, -0.2) is 15.9 Å². The van der Waals surface area contributed by atoms with Gasteiger partial charge in [0.25, 0.3) is 5.91 Å². The van der Waals surface area contributed by atoms with Gasteiger partial charge in [-0.3, -0.25) is 9.78 Å². The number of hydrazine groups is 1. The summed E-state index contributed by atoms with van der Waals surface area (Å²) in [6.45, 7) is 1.87. The molecule has 1 amide bonds. The van der Waals surface area contributed by atoms with Crippen LogP contribution in [0.2, 0.25) is 5.15 Å². The molecule has 0 saturated heterocycles. The smallest absolute Gasteiger partial charge is 0.255 e. The van der Waals surface area contributed by atoms with E-state index in [0.29, 0.717) is 17.1 Å². The van der Waals surface area contributed by atoms with Crippen molar-refractivity contribution in [2.75, 3.05) is 10.7 Å². The van der Waals surface area contributed by atoms with Crippen molar-refractivity contribution >= 4 is 29.0 Å². The monoisotopic (exact) mass is 277 g/mol. The average Bonchev–Trinajstić information content (AvgIpc) is 2.40. The fourth-order valence-corrected chi connectivity index (χ4v) is 1.66. The van der Waals surface area contributed by atoms with E-state index in [0.717, 1.165) is 5.69 Å². The lowest BCUT2D eigenvalue weighted by Gasteiger charge is -2.07. The van der Waals surface area contributed by atoms with E-state index in [1.165, 1.54) is 12.1 Å². The van der Waals surface area contributed by atoms with Gasteiger partial charge < -0.3 is 10.7 Å². The Bertz CT molecular complexity index is 600. The molecule has 2 heterocycles. The number of nitrogens with one attached hydrogen (secondary N) is 2. The maximum atomic E-state index is 12.0. The Labute approximate surface area is 115 Å². The number of halogens is 1. The molecule has 0 aliphatic heterocycles. The lowest BCUT2D eigenvalue weighted by molar-refractivity contribution is 0.102. The summed E-state index contributed by atoms with van der Waals surface area (Å²) >= 11 is 5.80.